The van der Waals surface area contributed by atoms with Gasteiger partial charge in [-0.2, -0.15) is 0 Å². The summed E-state index contributed by atoms with van der Waals surface area (Å²) in [5.74, 6) is -0.0625. The highest BCUT2D eigenvalue weighted by molar-refractivity contribution is 7.09. The molecule has 0 spiro atoms. The first-order valence-corrected chi connectivity index (χ1v) is 7.29. The summed E-state index contributed by atoms with van der Waals surface area (Å²) in [4.78, 5) is 16.6. The third kappa shape index (κ3) is 2.56. The Morgan fingerprint density at radius 3 is 2.80 bits per heavy atom. The molecule has 0 aliphatic rings. The lowest BCUT2D eigenvalue weighted by Gasteiger charge is -2.07. The standard InChI is InChI=1S/C16H14N2OS/c1-11-18-13(10-20-11)9-17-16(19)15-8-4-6-12-5-2-3-7-14(12)15/h2-8,10H,9H2,1H3,(H,17,19). The molecular formula is C16H14N2OS. The van der Waals surface area contributed by atoms with E-state index >= 15 is 0 Å². The largest absolute Gasteiger partial charge is 0.346 e. The summed E-state index contributed by atoms with van der Waals surface area (Å²) in [5.41, 5.74) is 1.61. The number of nitrogens with one attached hydrogen (secondary N) is 1. The van der Waals surface area contributed by atoms with Gasteiger partial charge in [0.1, 0.15) is 0 Å². The zero-order valence-corrected chi connectivity index (χ0v) is 11.9. The summed E-state index contributed by atoms with van der Waals surface area (Å²) < 4.78 is 0. The highest BCUT2D eigenvalue weighted by Gasteiger charge is 2.09. The van der Waals surface area contributed by atoms with E-state index in [9.17, 15) is 4.79 Å². The molecular weight excluding hydrogens is 268 g/mol. The number of carbonyl (C=O) groups excluding carboxylic acids is 1. The van der Waals surface area contributed by atoms with Crippen molar-refractivity contribution in [2.24, 2.45) is 0 Å². The fourth-order valence-electron chi connectivity index (χ4n) is 2.18. The van der Waals surface area contributed by atoms with Gasteiger partial charge in [-0.05, 0) is 23.8 Å². The minimum absolute atomic E-state index is 0.0625. The minimum atomic E-state index is -0.0625. The number of amides is 1. The molecule has 3 aromatic rings. The van der Waals surface area contributed by atoms with Crippen LogP contribution in [0.2, 0.25) is 0 Å². The van der Waals surface area contributed by atoms with Crippen LogP contribution in [0.5, 0.6) is 0 Å². The molecule has 1 aromatic heterocycles. The van der Waals surface area contributed by atoms with Crippen LogP contribution in [0.3, 0.4) is 0 Å². The van der Waals surface area contributed by atoms with E-state index in [0.717, 1.165) is 21.5 Å². The molecule has 2 aromatic carbocycles. The van der Waals surface area contributed by atoms with Crippen LogP contribution < -0.4 is 5.32 Å². The van der Waals surface area contributed by atoms with Crippen LogP contribution in [0.4, 0.5) is 0 Å². The van der Waals surface area contributed by atoms with Gasteiger partial charge in [-0.15, -0.1) is 11.3 Å². The van der Waals surface area contributed by atoms with Gasteiger partial charge in [0.2, 0.25) is 0 Å². The molecule has 0 fully saturated rings. The molecule has 3 rings (SSSR count). The summed E-state index contributed by atoms with van der Waals surface area (Å²) >= 11 is 1.59. The number of nitrogens with zero attached hydrogens (tertiary/aromatic N) is 1. The van der Waals surface area contributed by atoms with E-state index in [1.54, 1.807) is 11.3 Å². The van der Waals surface area contributed by atoms with Gasteiger partial charge in [0.05, 0.1) is 17.2 Å². The van der Waals surface area contributed by atoms with Crippen molar-refractivity contribution >= 4 is 28.0 Å². The predicted molar refractivity (Wildman–Crippen MR) is 82.0 cm³/mol. The molecule has 1 N–H and O–H groups in total. The number of thiazole rings is 1. The van der Waals surface area contributed by atoms with Crippen LogP contribution in [0.25, 0.3) is 10.8 Å². The van der Waals surface area contributed by atoms with Crippen molar-refractivity contribution < 1.29 is 4.79 Å². The van der Waals surface area contributed by atoms with E-state index in [-0.39, 0.29) is 5.91 Å². The SMILES string of the molecule is Cc1nc(CNC(=O)c2cccc3ccccc23)cs1. The topological polar surface area (TPSA) is 42.0 Å². The minimum Gasteiger partial charge on any atom is -0.346 e. The van der Waals surface area contributed by atoms with Crippen molar-refractivity contribution in [3.8, 4) is 0 Å². The Morgan fingerprint density at radius 1 is 1.20 bits per heavy atom. The van der Waals surface area contributed by atoms with Crippen LogP contribution in [-0.2, 0) is 6.54 Å². The summed E-state index contributed by atoms with van der Waals surface area (Å²) in [5, 5.41) is 7.96. The second-order valence-electron chi connectivity index (χ2n) is 4.57. The van der Waals surface area contributed by atoms with Crippen molar-refractivity contribution in [3.05, 3.63) is 64.1 Å². The molecule has 0 aliphatic carbocycles. The lowest BCUT2D eigenvalue weighted by Crippen LogP contribution is -2.23. The van der Waals surface area contributed by atoms with E-state index < -0.39 is 0 Å². The fourth-order valence-corrected chi connectivity index (χ4v) is 2.79. The zero-order valence-electron chi connectivity index (χ0n) is 11.1. The molecule has 1 heterocycles. The maximum atomic E-state index is 12.3. The lowest BCUT2D eigenvalue weighted by atomic mass is 10.0. The number of hydrogen-bond donors (Lipinski definition) is 1. The van der Waals surface area contributed by atoms with Gasteiger partial charge in [0, 0.05) is 10.9 Å². The molecule has 20 heavy (non-hydrogen) atoms. The zero-order chi connectivity index (χ0) is 13.9. The number of aryl methyl sites for hydroxylation is 1. The predicted octanol–water partition coefficient (Wildman–Crippen LogP) is 3.53. The average Bonchev–Trinajstić information content (AvgIpc) is 2.90. The fraction of sp³-hybridized carbons (Fsp3) is 0.125. The monoisotopic (exact) mass is 282 g/mol. The number of fused-ring (bicyclic) bond motifs is 1. The Kier molecular flexibility index (Phi) is 3.48. The number of rotatable bonds is 3. The van der Waals surface area contributed by atoms with E-state index in [4.69, 9.17) is 0 Å². The molecule has 4 heteroatoms. The second-order valence-corrected chi connectivity index (χ2v) is 5.63. The third-order valence-corrected chi connectivity index (χ3v) is 3.95. The Hall–Kier alpha value is -2.20. The smallest absolute Gasteiger partial charge is 0.252 e. The van der Waals surface area contributed by atoms with Crippen molar-refractivity contribution in [2.75, 3.05) is 0 Å². The van der Waals surface area contributed by atoms with Crippen LogP contribution in [0.15, 0.2) is 47.8 Å². The highest BCUT2D eigenvalue weighted by atomic mass is 32.1. The number of hydrogen-bond acceptors (Lipinski definition) is 3. The van der Waals surface area contributed by atoms with Gasteiger partial charge >= 0.3 is 0 Å². The maximum absolute atomic E-state index is 12.3. The molecule has 0 saturated heterocycles. The Morgan fingerprint density at radius 2 is 2.00 bits per heavy atom. The van der Waals surface area contributed by atoms with Gasteiger partial charge in [0.25, 0.3) is 5.91 Å². The van der Waals surface area contributed by atoms with E-state index in [1.807, 2.05) is 54.8 Å². The molecule has 0 aliphatic heterocycles. The summed E-state index contributed by atoms with van der Waals surface area (Å²) in [6.45, 7) is 2.42. The normalized spacial score (nSPS) is 10.7. The number of benzene rings is 2. The molecule has 3 nitrogen and oxygen atoms in total. The van der Waals surface area contributed by atoms with Gasteiger partial charge in [-0.25, -0.2) is 4.98 Å². The third-order valence-electron chi connectivity index (χ3n) is 3.13. The van der Waals surface area contributed by atoms with Gasteiger partial charge < -0.3 is 5.32 Å². The second kappa shape index (κ2) is 5.43. The van der Waals surface area contributed by atoms with Gasteiger partial charge in [-0.3, -0.25) is 4.79 Å². The van der Waals surface area contributed by atoms with E-state index in [0.29, 0.717) is 12.1 Å². The van der Waals surface area contributed by atoms with Crippen LogP contribution in [0.1, 0.15) is 21.1 Å². The highest BCUT2D eigenvalue weighted by Crippen LogP contribution is 2.18. The molecule has 0 bridgehead atoms. The first kappa shape index (κ1) is 12.8. The lowest BCUT2D eigenvalue weighted by molar-refractivity contribution is 0.0952. The van der Waals surface area contributed by atoms with Crippen LogP contribution in [0, 0.1) is 6.92 Å². The van der Waals surface area contributed by atoms with Crippen molar-refractivity contribution in [2.45, 2.75) is 13.5 Å². The van der Waals surface area contributed by atoms with Crippen LogP contribution >= 0.6 is 11.3 Å². The molecule has 0 unspecified atom stereocenters. The van der Waals surface area contributed by atoms with Crippen molar-refractivity contribution in [1.82, 2.24) is 10.3 Å². The molecule has 0 radical (unpaired) electrons. The van der Waals surface area contributed by atoms with E-state index in [1.165, 1.54) is 0 Å². The Labute approximate surface area is 121 Å². The van der Waals surface area contributed by atoms with Gasteiger partial charge in [0.15, 0.2) is 0 Å². The molecule has 0 saturated carbocycles. The Balaban J connectivity index is 1.82. The summed E-state index contributed by atoms with van der Waals surface area (Å²) in [7, 11) is 0. The first-order chi connectivity index (χ1) is 9.74. The molecule has 100 valence electrons. The first-order valence-electron chi connectivity index (χ1n) is 6.41. The average molecular weight is 282 g/mol. The van der Waals surface area contributed by atoms with Crippen LogP contribution in [-0.4, -0.2) is 10.9 Å². The Bertz CT molecular complexity index is 759. The summed E-state index contributed by atoms with van der Waals surface area (Å²) in [6.07, 6.45) is 0. The molecule has 1 amide bonds. The molecule has 0 atom stereocenters. The van der Waals surface area contributed by atoms with E-state index in [2.05, 4.69) is 10.3 Å². The maximum Gasteiger partial charge on any atom is 0.252 e. The number of carbonyl (C=O) groups is 1. The van der Waals surface area contributed by atoms with Crippen molar-refractivity contribution in [1.29, 1.82) is 0 Å². The quantitative estimate of drug-likeness (QED) is 0.798. The summed E-state index contributed by atoms with van der Waals surface area (Å²) in [6, 6.07) is 13.7. The van der Waals surface area contributed by atoms with Gasteiger partial charge in [-0.1, -0.05) is 36.4 Å². The van der Waals surface area contributed by atoms with Crippen molar-refractivity contribution in [3.63, 3.8) is 0 Å². The number of aromatic nitrogens is 1.